The number of ether oxygens (including phenoxy) is 1. The first-order valence-corrected chi connectivity index (χ1v) is 10.1. The molecule has 0 atom stereocenters. The summed E-state index contributed by atoms with van der Waals surface area (Å²) in [5, 5.41) is 17.1. The molecule has 10 nitrogen and oxygen atoms in total. The van der Waals surface area contributed by atoms with E-state index < -0.39 is 26.2 Å². The molecule has 0 aliphatic carbocycles. The summed E-state index contributed by atoms with van der Waals surface area (Å²) in [6.45, 7) is 4.94. The number of sulfonamides is 1. The highest BCUT2D eigenvalue weighted by molar-refractivity contribution is 7.89. The molecular weight excluding hydrogens is 400 g/mol. The third-order valence-corrected chi connectivity index (χ3v) is 5.56. The summed E-state index contributed by atoms with van der Waals surface area (Å²) in [5.41, 5.74) is -0.142. The van der Waals surface area contributed by atoms with Crippen LogP contribution in [0, 0.1) is 10.1 Å². The Labute approximate surface area is 167 Å². The van der Waals surface area contributed by atoms with E-state index in [2.05, 4.69) is 15.4 Å². The number of anilines is 3. The number of nitrogens with one attached hydrogen (secondary N) is 3. The van der Waals surface area contributed by atoms with Gasteiger partial charge in [-0.15, -0.1) is 0 Å². The van der Waals surface area contributed by atoms with Crippen LogP contribution in [-0.4, -0.2) is 31.4 Å². The van der Waals surface area contributed by atoms with Crippen LogP contribution in [0.3, 0.4) is 0 Å². The predicted molar refractivity (Wildman–Crippen MR) is 107 cm³/mol. The highest BCUT2D eigenvalue weighted by Crippen LogP contribution is 2.34. The predicted octanol–water partition coefficient (Wildman–Crippen LogP) is 2.75. The number of nitro groups is 1. The first-order valence-electron chi connectivity index (χ1n) is 8.61. The number of nitrogens with zero attached hydrogens (tertiary/aromatic N) is 1. The van der Waals surface area contributed by atoms with E-state index in [0.29, 0.717) is 17.1 Å². The van der Waals surface area contributed by atoms with Crippen LogP contribution in [0.4, 0.5) is 22.7 Å². The lowest BCUT2D eigenvalue weighted by Crippen LogP contribution is -2.40. The third-order valence-electron chi connectivity index (χ3n) is 3.81. The van der Waals surface area contributed by atoms with E-state index in [1.54, 1.807) is 39.0 Å². The van der Waals surface area contributed by atoms with Gasteiger partial charge in [-0.05, 0) is 51.1 Å². The Balaban J connectivity index is 1.94. The third kappa shape index (κ3) is 4.81. The molecule has 1 aliphatic heterocycles. The van der Waals surface area contributed by atoms with Gasteiger partial charge in [0.2, 0.25) is 10.0 Å². The standard InChI is InChI=1S/C18H20N4O6S/c1-18(2,3)21-29(26,27)12-5-6-13(15(9-12)22(24)25)19-11-4-7-16-14(8-11)20-17(23)10-28-16/h4-9,19,21H,10H2,1-3H3,(H,20,23). The molecule has 0 saturated heterocycles. The number of benzene rings is 2. The van der Waals surface area contributed by atoms with Crippen molar-refractivity contribution in [2.45, 2.75) is 31.2 Å². The van der Waals surface area contributed by atoms with Crippen LogP contribution < -0.4 is 20.1 Å². The topological polar surface area (TPSA) is 140 Å². The highest BCUT2D eigenvalue weighted by Gasteiger charge is 2.26. The van der Waals surface area contributed by atoms with E-state index in [0.717, 1.165) is 6.07 Å². The average molecular weight is 420 g/mol. The van der Waals surface area contributed by atoms with Crippen LogP contribution in [0.2, 0.25) is 0 Å². The molecule has 154 valence electrons. The summed E-state index contributed by atoms with van der Waals surface area (Å²) < 4.78 is 32.7. The lowest BCUT2D eigenvalue weighted by molar-refractivity contribution is -0.384. The molecular formula is C18H20N4O6S. The van der Waals surface area contributed by atoms with Crippen molar-refractivity contribution in [3.8, 4) is 5.75 Å². The summed E-state index contributed by atoms with van der Waals surface area (Å²) in [6, 6.07) is 8.43. The van der Waals surface area contributed by atoms with Crippen molar-refractivity contribution in [2.24, 2.45) is 0 Å². The Hall–Kier alpha value is -3.18. The molecule has 3 rings (SSSR count). The summed E-state index contributed by atoms with van der Waals surface area (Å²) in [5.74, 6) is 0.181. The molecule has 0 spiro atoms. The minimum absolute atomic E-state index is 0.0796. The molecule has 0 unspecified atom stereocenters. The minimum atomic E-state index is -3.93. The van der Waals surface area contributed by atoms with Crippen LogP contribution >= 0.6 is 0 Å². The molecule has 0 radical (unpaired) electrons. The van der Waals surface area contributed by atoms with E-state index in [4.69, 9.17) is 4.74 Å². The van der Waals surface area contributed by atoms with Gasteiger partial charge < -0.3 is 15.4 Å². The molecule has 29 heavy (non-hydrogen) atoms. The largest absolute Gasteiger partial charge is 0.482 e. The molecule has 1 amide bonds. The summed E-state index contributed by atoms with van der Waals surface area (Å²) in [4.78, 5) is 22.1. The number of nitro benzene ring substituents is 1. The Morgan fingerprint density at radius 2 is 1.90 bits per heavy atom. The molecule has 0 saturated carbocycles. The number of hydrogen-bond acceptors (Lipinski definition) is 7. The SMILES string of the molecule is CC(C)(C)NS(=O)(=O)c1ccc(Nc2ccc3c(c2)NC(=O)CO3)c([N+](=O)[O-])c1. The molecule has 2 aromatic carbocycles. The fraction of sp³-hybridized carbons (Fsp3) is 0.278. The number of hydrogen-bond donors (Lipinski definition) is 3. The molecule has 11 heteroatoms. The number of carbonyl (C=O) groups is 1. The van der Waals surface area contributed by atoms with E-state index in [1.807, 2.05) is 0 Å². The molecule has 3 N–H and O–H groups in total. The van der Waals surface area contributed by atoms with Crippen molar-refractivity contribution in [1.29, 1.82) is 0 Å². The zero-order chi connectivity index (χ0) is 21.4. The second-order valence-corrected chi connectivity index (χ2v) is 9.15. The van der Waals surface area contributed by atoms with E-state index in [1.165, 1.54) is 12.1 Å². The van der Waals surface area contributed by atoms with Crippen molar-refractivity contribution in [1.82, 2.24) is 4.72 Å². The van der Waals surface area contributed by atoms with Crippen molar-refractivity contribution >= 4 is 38.7 Å². The van der Waals surface area contributed by atoms with Gasteiger partial charge in [0.15, 0.2) is 6.61 Å². The van der Waals surface area contributed by atoms with Crippen LogP contribution in [-0.2, 0) is 14.8 Å². The first-order chi connectivity index (χ1) is 13.4. The maximum absolute atomic E-state index is 12.5. The Morgan fingerprint density at radius 1 is 1.17 bits per heavy atom. The van der Waals surface area contributed by atoms with Gasteiger partial charge in [0, 0.05) is 17.3 Å². The van der Waals surface area contributed by atoms with E-state index >= 15 is 0 Å². The zero-order valence-corrected chi connectivity index (χ0v) is 16.8. The fourth-order valence-corrected chi connectivity index (χ4v) is 4.15. The second-order valence-electron chi connectivity index (χ2n) is 7.46. The number of amides is 1. The summed E-state index contributed by atoms with van der Waals surface area (Å²) in [6.07, 6.45) is 0. The molecule has 1 heterocycles. The van der Waals surface area contributed by atoms with E-state index in [9.17, 15) is 23.3 Å². The molecule has 1 aliphatic rings. The molecule has 2 aromatic rings. The monoisotopic (exact) mass is 420 g/mol. The highest BCUT2D eigenvalue weighted by atomic mass is 32.2. The van der Waals surface area contributed by atoms with Gasteiger partial charge in [-0.1, -0.05) is 0 Å². The molecule has 0 bridgehead atoms. The quantitative estimate of drug-likeness (QED) is 0.499. The Bertz CT molecular complexity index is 1090. The number of fused-ring (bicyclic) bond motifs is 1. The second kappa shape index (κ2) is 7.33. The Kier molecular flexibility index (Phi) is 5.20. The maximum Gasteiger partial charge on any atom is 0.294 e. The smallest absolute Gasteiger partial charge is 0.294 e. The number of carbonyl (C=O) groups excluding carboxylic acids is 1. The molecule has 0 aromatic heterocycles. The van der Waals surface area contributed by atoms with Crippen molar-refractivity contribution in [2.75, 3.05) is 17.2 Å². The Morgan fingerprint density at radius 3 is 2.55 bits per heavy atom. The normalized spacial score (nSPS) is 13.8. The van der Waals surface area contributed by atoms with Gasteiger partial charge in [0.25, 0.3) is 11.6 Å². The van der Waals surface area contributed by atoms with E-state index in [-0.39, 0.29) is 23.1 Å². The number of rotatable bonds is 5. The summed E-state index contributed by atoms with van der Waals surface area (Å²) in [7, 11) is -3.93. The van der Waals surface area contributed by atoms with Gasteiger partial charge in [-0.25, -0.2) is 13.1 Å². The van der Waals surface area contributed by atoms with Crippen LogP contribution in [0.5, 0.6) is 5.75 Å². The van der Waals surface area contributed by atoms with Gasteiger partial charge in [-0.3, -0.25) is 14.9 Å². The van der Waals surface area contributed by atoms with Crippen LogP contribution in [0.15, 0.2) is 41.3 Å². The maximum atomic E-state index is 12.5. The minimum Gasteiger partial charge on any atom is -0.482 e. The van der Waals surface area contributed by atoms with Crippen molar-refractivity contribution in [3.05, 3.63) is 46.5 Å². The fourth-order valence-electron chi connectivity index (χ4n) is 2.71. The average Bonchev–Trinajstić information content (AvgIpc) is 2.59. The van der Waals surface area contributed by atoms with Gasteiger partial charge in [-0.2, -0.15) is 0 Å². The lowest BCUT2D eigenvalue weighted by atomic mass is 10.1. The van der Waals surface area contributed by atoms with Gasteiger partial charge in [0.05, 0.1) is 15.5 Å². The van der Waals surface area contributed by atoms with Crippen LogP contribution in [0.25, 0.3) is 0 Å². The van der Waals surface area contributed by atoms with Gasteiger partial charge in [0.1, 0.15) is 11.4 Å². The van der Waals surface area contributed by atoms with Crippen LogP contribution in [0.1, 0.15) is 20.8 Å². The first kappa shape index (κ1) is 20.6. The summed E-state index contributed by atoms with van der Waals surface area (Å²) >= 11 is 0. The van der Waals surface area contributed by atoms with Crippen molar-refractivity contribution in [3.63, 3.8) is 0 Å². The molecule has 0 fully saturated rings. The lowest BCUT2D eigenvalue weighted by Gasteiger charge is -2.20. The van der Waals surface area contributed by atoms with Crippen molar-refractivity contribution < 1.29 is 22.9 Å². The zero-order valence-electron chi connectivity index (χ0n) is 16.0. The van der Waals surface area contributed by atoms with Gasteiger partial charge >= 0.3 is 0 Å².